The van der Waals surface area contributed by atoms with E-state index in [1.165, 1.54) is 12.4 Å². The van der Waals surface area contributed by atoms with Gasteiger partial charge in [0.05, 0.1) is 10.7 Å². The number of hydrazone groups is 1. The number of carbonyl (C=O) groups excluding carboxylic acids is 1. The van der Waals surface area contributed by atoms with Crippen LogP contribution < -0.4 is 10.3 Å². The van der Waals surface area contributed by atoms with Gasteiger partial charge in [-0.25, -0.2) is 14.4 Å². The van der Waals surface area contributed by atoms with Gasteiger partial charge < -0.3 is 9.80 Å². The molecule has 9 heteroatoms. The normalized spacial score (nSPS) is 13.8. The van der Waals surface area contributed by atoms with Crippen molar-refractivity contribution in [3.63, 3.8) is 0 Å². The Morgan fingerprint density at radius 3 is 2.61 bits per heavy atom. The van der Waals surface area contributed by atoms with E-state index in [1.54, 1.807) is 11.0 Å². The molecule has 2 aromatic carbocycles. The van der Waals surface area contributed by atoms with E-state index in [1.807, 2.05) is 30.9 Å². The number of hydrogen-bond donors (Lipinski definition) is 1. The Balaban J connectivity index is 1.81. The van der Waals surface area contributed by atoms with Crippen molar-refractivity contribution in [2.45, 2.75) is 13.8 Å². The Labute approximate surface area is 196 Å². The summed E-state index contributed by atoms with van der Waals surface area (Å²) in [5.74, 6) is -0.00987. The lowest BCUT2D eigenvalue weighted by atomic mass is 9.93. The van der Waals surface area contributed by atoms with E-state index in [0.29, 0.717) is 42.9 Å². The van der Waals surface area contributed by atoms with Crippen molar-refractivity contribution in [2.75, 3.05) is 36.5 Å². The van der Waals surface area contributed by atoms with Gasteiger partial charge in [-0.1, -0.05) is 24.2 Å². The van der Waals surface area contributed by atoms with Gasteiger partial charge in [-0.15, -0.1) is 0 Å². The molecule has 0 unspecified atom stereocenters. The van der Waals surface area contributed by atoms with Gasteiger partial charge in [0.1, 0.15) is 17.7 Å². The van der Waals surface area contributed by atoms with Gasteiger partial charge in [0, 0.05) is 43.8 Å². The van der Waals surface area contributed by atoms with Gasteiger partial charge in [0.15, 0.2) is 5.82 Å². The topological polar surface area (TPSA) is 73.7 Å². The minimum atomic E-state index is -0.503. The molecule has 0 spiro atoms. The summed E-state index contributed by atoms with van der Waals surface area (Å²) < 4.78 is 15.9. The third kappa shape index (κ3) is 4.02. The fourth-order valence-electron chi connectivity index (χ4n) is 4.30. The standard InChI is InChI=1S/C24H24ClFN6O/c1-5-19(33)31-8-10-32(11-9-31)24-16-12-17(25)21(22(26)23(16)28-13-29-24)20-14(2)6-7-18(15(20)3)30-27-4/h5-7,12-13,30H,1,4,8-11H2,2-3H3. The molecule has 1 aliphatic heterocycles. The number of fused-ring (bicyclic) bond motifs is 1. The second-order valence-corrected chi connectivity index (χ2v) is 8.26. The van der Waals surface area contributed by atoms with Crippen LogP contribution in [0.15, 0.2) is 42.3 Å². The van der Waals surface area contributed by atoms with Crippen molar-refractivity contribution in [2.24, 2.45) is 5.10 Å². The van der Waals surface area contributed by atoms with E-state index >= 15 is 4.39 Å². The van der Waals surface area contributed by atoms with Crippen LogP contribution in [0.3, 0.4) is 0 Å². The first kappa shape index (κ1) is 22.7. The van der Waals surface area contributed by atoms with Crippen molar-refractivity contribution in [3.8, 4) is 11.1 Å². The SMILES string of the molecule is C=CC(=O)N1CCN(c2ncnc3c(F)c(-c4c(C)ccc(NN=C)c4C)c(Cl)cc23)CC1. The second kappa shape index (κ2) is 9.15. The first-order valence-corrected chi connectivity index (χ1v) is 10.9. The summed E-state index contributed by atoms with van der Waals surface area (Å²) in [6.07, 6.45) is 2.67. The molecule has 1 fully saturated rings. The van der Waals surface area contributed by atoms with Crippen LogP contribution in [0, 0.1) is 19.7 Å². The second-order valence-electron chi connectivity index (χ2n) is 7.86. The number of piperazine rings is 1. The maximum atomic E-state index is 15.9. The maximum Gasteiger partial charge on any atom is 0.246 e. The molecule has 0 aliphatic carbocycles. The Kier molecular flexibility index (Phi) is 6.29. The molecule has 1 N–H and O–H groups in total. The number of halogens is 2. The molecule has 1 aromatic heterocycles. The highest BCUT2D eigenvalue weighted by Gasteiger charge is 2.25. The van der Waals surface area contributed by atoms with Crippen molar-refractivity contribution in [1.29, 1.82) is 0 Å². The summed E-state index contributed by atoms with van der Waals surface area (Å²) in [6, 6.07) is 5.47. The smallest absolute Gasteiger partial charge is 0.246 e. The number of benzene rings is 2. The average molecular weight is 467 g/mol. The van der Waals surface area contributed by atoms with Crippen molar-refractivity contribution < 1.29 is 9.18 Å². The van der Waals surface area contributed by atoms with Crippen LogP contribution in [0.2, 0.25) is 5.02 Å². The predicted octanol–water partition coefficient (Wildman–Crippen LogP) is 4.57. The van der Waals surface area contributed by atoms with Crippen molar-refractivity contribution in [1.82, 2.24) is 14.9 Å². The molecule has 33 heavy (non-hydrogen) atoms. The summed E-state index contributed by atoms with van der Waals surface area (Å²) in [4.78, 5) is 24.3. The van der Waals surface area contributed by atoms with Gasteiger partial charge in [-0.2, -0.15) is 5.10 Å². The number of hydrogen-bond acceptors (Lipinski definition) is 6. The number of anilines is 2. The highest BCUT2D eigenvalue weighted by Crippen LogP contribution is 2.41. The summed E-state index contributed by atoms with van der Waals surface area (Å²) >= 11 is 6.68. The van der Waals surface area contributed by atoms with E-state index in [9.17, 15) is 4.79 Å². The highest BCUT2D eigenvalue weighted by molar-refractivity contribution is 6.34. The Morgan fingerprint density at radius 2 is 1.94 bits per heavy atom. The van der Waals surface area contributed by atoms with Gasteiger partial charge >= 0.3 is 0 Å². The number of aromatic nitrogens is 2. The first-order valence-electron chi connectivity index (χ1n) is 10.5. The summed E-state index contributed by atoms with van der Waals surface area (Å²) in [6.45, 7) is 13.0. The molecule has 0 saturated carbocycles. The molecule has 7 nitrogen and oxygen atoms in total. The third-order valence-corrected chi connectivity index (χ3v) is 6.29. The lowest BCUT2D eigenvalue weighted by Gasteiger charge is -2.35. The van der Waals surface area contributed by atoms with Crippen molar-refractivity contribution in [3.05, 3.63) is 59.1 Å². The quantitative estimate of drug-likeness (QED) is 0.339. The predicted molar refractivity (Wildman–Crippen MR) is 132 cm³/mol. The number of nitrogens with zero attached hydrogens (tertiary/aromatic N) is 5. The largest absolute Gasteiger partial charge is 0.352 e. The Bertz CT molecular complexity index is 1270. The van der Waals surface area contributed by atoms with E-state index in [4.69, 9.17) is 11.6 Å². The lowest BCUT2D eigenvalue weighted by Crippen LogP contribution is -2.48. The van der Waals surface area contributed by atoms with Crippen molar-refractivity contribution >= 4 is 46.6 Å². The van der Waals surface area contributed by atoms with Crippen LogP contribution in [0.1, 0.15) is 11.1 Å². The van der Waals surface area contributed by atoms with Crippen LogP contribution >= 0.6 is 11.6 Å². The number of rotatable bonds is 5. The number of nitrogens with one attached hydrogen (secondary N) is 1. The maximum absolute atomic E-state index is 15.9. The van der Waals surface area contributed by atoms with Gasteiger partial charge in [-0.3, -0.25) is 10.2 Å². The van der Waals surface area contributed by atoms with E-state index in [-0.39, 0.29) is 22.0 Å². The molecule has 0 bridgehead atoms. The molecular formula is C24H24ClFN6O. The van der Waals surface area contributed by atoms with Gasteiger partial charge in [0.2, 0.25) is 5.91 Å². The van der Waals surface area contributed by atoms with Crippen LogP contribution in [-0.2, 0) is 4.79 Å². The lowest BCUT2D eigenvalue weighted by molar-refractivity contribution is -0.126. The summed E-state index contributed by atoms with van der Waals surface area (Å²) in [5.41, 5.74) is 6.41. The zero-order chi connectivity index (χ0) is 23.7. The molecule has 1 amide bonds. The highest BCUT2D eigenvalue weighted by atomic mass is 35.5. The molecule has 2 heterocycles. The van der Waals surface area contributed by atoms with Gasteiger partial charge in [0.25, 0.3) is 0 Å². The fourth-order valence-corrected chi connectivity index (χ4v) is 4.59. The van der Waals surface area contributed by atoms with E-state index < -0.39 is 5.82 Å². The number of carbonyl (C=O) groups is 1. The Morgan fingerprint density at radius 1 is 1.21 bits per heavy atom. The number of amides is 1. The fraction of sp³-hybridized carbons (Fsp3) is 0.250. The van der Waals surface area contributed by atoms with Crippen LogP contribution in [0.5, 0.6) is 0 Å². The minimum absolute atomic E-state index is 0.102. The molecule has 1 aliphatic rings. The molecule has 170 valence electrons. The molecule has 3 aromatic rings. The average Bonchev–Trinajstić information content (AvgIpc) is 2.82. The third-order valence-electron chi connectivity index (χ3n) is 5.99. The molecule has 0 atom stereocenters. The molecule has 1 saturated heterocycles. The molecule has 4 rings (SSSR count). The van der Waals surface area contributed by atoms with Crippen LogP contribution in [-0.4, -0.2) is 53.7 Å². The van der Waals surface area contributed by atoms with Gasteiger partial charge in [-0.05, 0) is 48.7 Å². The molecule has 0 radical (unpaired) electrons. The number of aryl methyl sites for hydroxylation is 1. The Hall–Kier alpha value is -3.52. The first-order chi connectivity index (χ1) is 15.9. The van der Waals surface area contributed by atoms with Crippen LogP contribution in [0.25, 0.3) is 22.0 Å². The monoisotopic (exact) mass is 466 g/mol. The van der Waals surface area contributed by atoms with E-state index in [0.717, 1.165) is 16.8 Å². The summed E-state index contributed by atoms with van der Waals surface area (Å²) in [7, 11) is 0. The van der Waals surface area contributed by atoms with E-state index in [2.05, 4.69) is 33.8 Å². The molecular weight excluding hydrogens is 443 g/mol. The summed E-state index contributed by atoms with van der Waals surface area (Å²) in [5, 5.41) is 4.53. The zero-order valence-corrected chi connectivity index (χ0v) is 19.3. The zero-order valence-electron chi connectivity index (χ0n) is 18.5. The minimum Gasteiger partial charge on any atom is -0.352 e. The van der Waals surface area contributed by atoms with Crippen LogP contribution in [0.4, 0.5) is 15.9 Å².